The van der Waals surface area contributed by atoms with E-state index in [-0.39, 0.29) is 35.4 Å². The predicted octanol–water partition coefficient (Wildman–Crippen LogP) is 4.99. The highest BCUT2D eigenvalue weighted by Gasteiger charge is 2.13. The number of carboxylic acid groups (broad SMARTS) is 1. The molecule has 2 N–H and O–H groups in total. The Bertz CT molecular complexity index is 1110. The summed E-state index contributed by atoms with van der Waals surface area (Å²) < 4.78 is 9.28. The van der Waals surface area contributed by atoms with Crippen LogP contribution in [0.25, 0.3) is 0 Å². The van der Waals surface area contributed by atoms with Crippen LogP contribution in [-0.4, -0.2) is 47.2 Å². The van der Waals surface area contributed by atoms with E-state index in [1.165, 1.54) is 48.4 Å². The Hall–Kier alpha value is -4.91. The van der Waals surface area contributed by atoms with Gasteiger partial charge in [0.1, 0.15) is 5.75 Å². The summed E-state index contributed by atoms with van der Waals surface area (Å²) >= 11 is 0. The van der Waals surface area contributed by atoms with Crippen LogP contribution in [-0.2, 0) is 28.7 Å². The number of rotatable bonds is 11. The smallest absolute Gasteiger partial charge is 0.337 e. The number of nitrogens with zero attached hydrogens (tertiary/aromatic N) is 2. The van der Waals surface area contributed by atoms with Crippen LogP contribution in [0.1, 0.15) is 40.5 Å². The maximum atomic E-state index is 11.8. The van der Waals surface area contributed by atoms with Crippen LogP contribution in [0.3, 0.4) is 0 Å². The second-order valence-electron chi connectivity index (χ2n) is 7.52. The van der Waals surface area contributed by atoms with Crippen LogP contribution >= 0.6 is 0 Å². The minimum absolute atomic E-state index is 0.0433. The number of hydrogen-bond donors (Lipinski definition) is 2. The van der Waals surface area contributed by atoms with Crippen molar-refractivity contribution in [1.82, 2.24) is 0 Å². The zero-order valence-corrected chi connectivity index (χ0v) is 22.8. The van der Waals surface area contributed by atoms with Gasteiger partial charge in [0.15, 0.2) is 0 Å². The number of allylic oxidation sites excluding steroid dienone is 1. The monoisotopic (exact) mass is 540 g/mol. The van der Waals surface area contributed by atoms with Crippen LogP contribution in [0.4, 0.5) is 5.69 Å². The van der Waals surface area contributed by atoms with Gasteiger partial charge < -0.3 is 19.7 Å². The van der Waals surface area contributed by atoms with Crippen LogP contribution in [0.15, 0.2) is 85.1 Å². The van der Waals surface area contributed by atoms with Gasteiger partial charge in [-0.3, -0.25) is 9.69 Å². The molecule has 1 aromatic rings. The Labute approximate surface area is 229 Å². The maximum Gasteiger partial charge on any atom is 0.337 e. The molecule has 0 radical (unpaired) electrons. The quantitative estimate of drug-likeness (QED) is 0.130. The van der Waals surface area contributed by atoms with Gasteiger partial charge in [-0.2, -0.15) is 5.26 Å². The fraction of sp³-hybridized carbons (Fsp3) is 0.276. The number of aliphatic carboxylic acids is 1. The zero-order chi connectivity index (χ0) is 30.4. The molecule has 10 heteroatoms. The first-order valence-corrected chi connectivity index (χ1v) is 11.8. The van der Waals surface area contributed by atoms with Crippen molar-refractivity contribution in [2.75, 3.05) is 18.1 Å². The third-order valence-corrected chi connectivity index (χ3v) is 4.18. The maximum absolute atomic E-state index is 11.8. The lowest BCUT2D eigenvalue weighted by Crippen LogP contribution is -2.25. The number of aromatic hydroxyl groups is 1. The number of amides is 1. The predicted molar refractivity (Wildman–Crippen MR) is 148 cm³/mol. The van der Waals surface area contributed by atoms with Gasteiger partial charge in [-0.25, -0.2) is 14.4 Å². The van der Waals surface area contributed by atoms with Crippen molar-refractivity contribution in [3.8, 4) is 11.8 Å². The number of phenolic OH excluding ortho intramolecular Hbond substituents is 1. The summed E-state index contributed by atoms with van der Waals surface area (Å²) in [7, 11) is 0. The van der Waals surface area contributed by atoms with E-state index >= 15 is 0 Å². The molecule has 0 spiro atoms. The van der Waals surface area contributed by atoms with Crippen molar-refractivity contribution in [3.63, 3.8) is 0 Å². The number of anilines is 1. The Morgan fingerprint density at radius 3 is 2.10 bits per heavy atom. The molecule has 1 aromatic carbocycles. The van der Waals surface area contributed by atoms with E-state index in [1.807, 2.05) is 13.0 Å². The first kappa shape index (κ1) is 36.2. The van der Waals surface area contributed by atoms with E-state index in [9.17, 15) is 24.3 Å². The topological polar surface area (TPSA) is 154 Å². The zero-order valence-electron chi connectivity index (χ0n) is 22.8. The van der Waals surface area contributed by atoms with Gasteiger partial charge >= 0.3 is 17.9 Å². The second-order valence-corrected chi connectivity index (χ2v) is 7.52. The lowest BCUT2D eigenvalue weighted by atomic mass is 10.2. The Morgan fingerprint density at radius 2 is 1.67 bits per heavy atom. The largest absolute Gasteiger partial charge is 0.508 e. The summed E-state index contributed by atoms with van der Waals surface area (Å²) in [4.78, 5) is 44.8. The molecule has 10 nitrogen and oxygen atoms in total. The molecule has 0 unspecified atom stereocenters. The number of carbonyl (C=O) groups is 4. The number of phenols is 1. The van der Waals surface area contributed by atoms with E-state index in [0.29, 0.717) is 17.9 Å². The average molecular weight is 541 g/mol. The van der Waals surface area contributed by atoms with Gasteiger partial charge in [-0.15, -0.1) is 0 Å². The van der Waals surface area contributed by atoms with Crippen molar-refractivity contribution in [2.45, 2.75) is 40.5 Å². The van der Waals surface area contributed by atoms with E-state index in [2.05, 4.69) is 29.2 Å². The highest BCUT2D eigenvalue weighted by atomic mass is 16.5. The molecular formula is C29H36N2O8. The number of benzene rings is 1. The summed E-state index contributed by atoms with van der Waals surface area (Å²) in [6, 6.07) is 7.92. The lowest BCUT2D eigenvalue weighted by molar-refractivity contribution is -0.138. The summed E-state index contributed by atoms with van der Waals surface area (Å²) in [5.41, 5.74) is 1.02. The van der Waals surface area contributed by atoms with E-state index in [0.717, 1.165) is 12.8 Å². The molecule has 1 rings (SSSR count). The Morgan fingerprint density at radius 1 is 1.08 bits per heavy atom. The summed E-state index contributed by atoms with van der Waals surface area (Å²) in [6.45, 7) is 17.7. The van der Waals surface area contributed by atoms with Crippen molar-refractivity contribution in [2.24, 2.45) is 0 Å². The van der Waals surface area contributed by atoms with E-state index < -0.39 is 11.9 Å². The molecule has 39 heavy (non-hydrogen) atoms. The molecule has 0 saturated carbocycles. The van der Waals surface area contributed by atoms with E-state index in [4.69, 9.17) is 10.4 Å². The molecule has 0 aromatic heterocycles. The van der Waals surface area contributed by atoms with Crippen molar-refractivity contribution >= 4 is 29.5 Å². The van der Waals surface area contributed by atoms with Gasteiger partial charge in [0.2, 0.25) is 0 Å². The van der Waals surface area contributed by atoms with Crippen molar-refractivity contribution < 1.29 is 38.9 Å². The fourth-order valence-electron chi connectivity index (χ4n) is 2.18. The van der Waals surface area contributed by atoms with Crippen LogP contribution < -0.4 is 4.90 Å². The number of hydrogen-bond acceptors (Lipinski definition) is 8. The lowest BCUT2D eigenvalue weighted by Gasteiger charge is -2.18. The SMILES string of the molecule is C=C(C)C(=O)N(C=CC#N)c1ccc(O)cc1.C=C(C=C(C)C(=O)O)C(=O)OCC.C=CC(=O)OCCCC. The Balaban J connectivity index is 0. The highest BCUT2D eigenvalue weighted by molar-refractivity contribution is 6.06. The summed E-state index contributed by atoms with van der Waals surface area (Å²) in [5, 5.41) is 26.1. The first-order chi connectivity index (χ1) is 18.4. The average Bonchev–Trinajstić information content (AvgIpc) is 2.90. The molecule has 0 bridgehead atoms. The molecule has 0 heterocycles. The number of ether oxygens (including phenoxy) is 2. The number of carbonyl (C=O) groups excluding carboxylic acids is 3. The molecule has 0 atom stereocenters. The summed E-state index contributed by atoms with van der Waals surface area (Å²) in [5.74, 6) is -2.19. The summed E-state index contributed by atoms with van der Waals surface area (Å²) in [6.07, 6.45) is 6.90. The van der Waals surface area contributed by atoms with Crippen LogP contribution in [0, 0.1) is 11.3 Å². The molecule has 1 amide bonds. The number of unbranched alkanes of at least 4 members (excludes halogenated alkanes) is 1. The highest BCUT2D eigenvalue weighted by Crippen LogP contribution is 2.20. The van der Waals surface area contributed by atoms with Crippen molar-refractivity contribution in [1.29, 1.82) is 5.26 Å². The first-order valence-electron chi connectivity index (χ1n) is 11.8. The van der Waals surface area contributed by atoms with Gasteiger partial charge in [-0.1, -0.05) is 33.1 Å². The van der Waals surface area contributed by atoms with Gasteiger partial charge in [0, 0.05) is 35.2 Å². The molecule has 210 valence electrons. The van der Waals surface area contributed by atoms with Gasteiger partial charge in [0.05, 0.1) is 24.9 Å². The fourth-order valence-corrected chi connectivity index (χ4v) is 2.18. The molecule has 0 aliphatic carbocycles. The van der Waals surface area contributed by atoms with Crippen molar-refractivity contribution in [3.05, 3.63) is 85.1 Å². The second kappa shape index (κ2) is 21.2. The van der Waals surface area contributed by atoms with Crippen LogP contribution in [0.5, 0.6) is 5.75 Å². The molecule has 0 aliphatic heterocycles. The standard InChI is InChI=1S/C13H12N2O2.C9H12O4.C7H12O2/c1-10(2)13(17)15(9-3-8-14)11-4-6-12(16)7-5-11;1-4-13-9(12)7(3)5-6(2)8(10)11;1-3-5-6-9-7(8)4-2/h3-7,9,16H,1H2,2H3;5H,3-4H2,1-2H3,(H,10,11);4H,2-3,5-6H2,1H3. The normalized spacial score (nSPS) is 9.87. The molecule has 0 aliphatic rings. The van der Waals surface area contributed by atoms with Gasteiger partial charge in [0.25, 0.3) is 5.91 Å². The Kier molecular flexibility index (Phi) is 19.7. The van der Waals surface area contributed by atoms with E-state index in [1.54, 1.807) is 26.0 Å². The third kappa shape index (κ3) is 17.2. The number of nitriles is 1. The third-order valence-electron chi connectivity index (χ3n) is 4.18. The van der Waals surface area contributed by atoms with Gasteiger partial charge in [-0.05, 0) is 57.5 Å². The van der Waals surface area contributed by atoms with Crippen LogP contribution in [0.2, 0.25) is 0 Å². The number of esters is 2. The molecule has 0 saturated heterocycles. The minimum Gasteiger partial charge on any atom is -0.508 e. The molecular weight excluding hydrogens is 504 g/mol. The molecule has 0 fully saturated rings. The minimum atomic E-state index is -1.08. The number of carboxylic acids is 1.